The van der Waals surface area contributed by atoms with Gasteiger partial charge in [-0.2, -0.15) is 5.10 Å². The van der Waals surface area contributed by atoms with Crippen LogP contribution in [0.4, 0.5) is 15.9 Å². The van der Waals surface area contributed by atoms with Gasteiger partial charge in [-0.15, -0.1) is 11.3 Å². The molecule has 5 aromatic rings. The number of hydrogen-bond donors (Lipinski definition) is 2. The van der Waals surface area contributed by atoms with Crippen LogP contribution in [0, 0.1) is 17.7 Å². The summed E-state index contributed by atoms with van der Waals surface area (Å²) in [5, 5.41) is 11.7. The van der Waals surface area contributed by atoms with Gasteiger partial charge in [0.1, 0.15) is 12.1 Å². The molecule has 172 valence electrons. The highest BCUT2D eigenvalue weighted by Crippen LogP contribution is 2.31. The smallest absolute Gasteiger partial charge is 0.221 e. The average Bonchev–Trinajstić information content (AvgIpc) is 3.56. The summed E-state index contributed by atoms with van der Waals surface area (Å²) in [6, 6.07) is 14.4. The SMILES string of the molecule is O=C1CC[C@H](C#Cc2cc3ncnc(Nc4ccc5c(cnn5Cc5cccc(F)c5)c4)c3s2)N1. The van der Waals surface area contributed by atoms with E-state index in [4.69, 9.17) is 0 Å². The first-order valence-corrected chi connectivity index (χ1v) is 11.9. The van der Waals surface area contributed by atoms with Gasteiger partial charge in [-0.05, 0) is 48.4 Å². The summed E-state index contributed by atoms with van der Waals surface area (Å²) in [7, 11) is 0. The van der Waals surface area contributed by atoms with Crippen LogP contribution in [0.5, 0.6) is 0 Å². The number of nitrogens with one attached hydrogen (secondary N) is 2. The number of benzene rings is 2. The fraction of sp³-hybridized carbons (Fsp3) is 0.154. The predicted octanol–water partition coefficient (Wildman–Crippen LogP) is 4.60. The van der Waals surface area contributed by atoms with Gasteiger partial charge in [0, 0.05) is 17.5 Å². The number of amides is 1. The van der Waals surface area contributed by atoms with E-state index in [1.807, 2.05) is 35.0 Å². The number of halogens is 1. The standard InChI is InChI=1S/C26H19FN6OS/c27-18-3-1-2-16(10-18)14-33-23-8-5-20(11-17(23)13-30-33)32-26-25-22(28-15-29-26)12-21(35-25)7-4-19-6-9-24(34)31-19/h1-3,5,8,10-13,15,19H,6,9,14H2,(H,31,34)(H,28,29,32)/t19-/m0/s1. The second-order valence-electron chi connectivity index (χ2n) is 8.31. The van der Waals surface area contributed by atoms with E-state index in [1.54, 1.807) is 12.3 Å². The minimum Gasteiger partial charge on any atom is -0.342 e. The van der Waals surface area contributed by atoms with Crippen molar-refractivity contribution in [2.75, 3.05) is 5.32 Å². The quantitative estimate of drug-likeness (QED) is 0.366. The van der Waals surface area contributed by atoms with Gasteiger partial charge in [0.15, 0.2) is 5.82 Å². The van der Waals surface area contributed by atoms with Crippen LogP contribution in [0.2, 0.25) is 0 Å². The van der Waals surface area contributed by atoms with Crippen molar-refractivity contribution in [1.29, 1.82) is 0 Å². The van der Waals surface area contributed by atoms with Crippen LogP contribution in [-0.2, 0) is 11.3 Å². The maximum atomic E-state index is 13.5. The Kier molecular flexibility index (Phi) is 5.35. The fourth-order valence-corrected chi connectivity index (χ4v) is 5.04. The molecule has 6 rings (SSSR count). The Morgan fingerprint density at radius 1 is 1.20 bits per heavy atom. The molecule has 0 bridgehead atoms. The van der Waals surface area contributed by atoms with Gasteiger partial charge < -0.3 is 10.6 Å². The summed E-state index contributed by atoms with van der Waals surface area (Å²) in [5.41, 5.74) is 3.50. The van der Waals surface area contributed by atoms with Gasteiger partial charge in [0.05, 0.1) is 39.4 Å². The van der Waals surface area contributed by atoms with Crippen LogP contribution in [0.15, 0.2) is 61.1 Å². The number of thiophene rings is 1. The van der Waals surface area contributed by atoms with Gasteiger partial charge in [0.25, 0.3) is 0 Å². The second kappa shape index (κ2) is 8.81. The molecule has 4 heterocycles. The molecular weight excluding hydrogens is 463 g/mol. The van der Waals surface area contributed by atoms with E-state index in [9.17, 15) is 9.18 Å². The van der Waals surface area contributed by atoms with Crippen molar-refractivity contribution in [3.8, 4) is 11.8 Å². The van der Waals surface area contributed by atoms with Crippen molar-refractivity contribution in [3.05, 3.63) is 77.3 Å². The predicted molar refractivity (Wildman–Crippen MR) is 134 cm³/mol. The highest BCUT2D eigenvalue weighted by atomic mass is 32.1. The fourth-order valence-electron chi connectivity index (χ4n) is 4.12. The van der Waals surface area contributed by atoms with E-state index >= 15 is 0 Å². The molecule has 0 aliphatic carbocycles. The molecule has 7 nitrogen and oxygen atoms in total. The maximum absolute atomic E-state index is 13.5. The normalized spacial score (nSPS) is 15.2. The molecule has 1 aliphatic rings. The average molecular weight is 483 g/mol. The Balaban J connectivity index is 1.24. The van der Waals surface area contributed by atoms with Gasteiger partial charge in [0.2, 0.25) is 5.91 Å². The highest BCUT2D eigenvalue weighted by molar-refractivity contribution is 7.20. The third kappa shape index (κ3) is 4.44. The van der Waals surface area contributed by atoms with Crippen molar-refractivity contribution in [3.63, 3.8) is 0 Å². The first-order chi connectivity index (χ1) is 17.1. The van der Waals surface area contributed by atoms with Crippen LogP contribution in [0.3, 0.4) is 0 Å². The van der Waals surface area contributed by atoms with Crippen LogP contribution < -0.4 is 10.6 Å². The first kappa shape index (κ1) is 21.3. The minimum absolute atomic E-state index is 0.0504. The topological polar surface area (TPSA) is 84.7 Å². The van der Waals surface area contributed by atoms with Crippen molar-refractivity contribution >= 4 is 49.9 Å². The molecule has 2 aromatic carbocycles. The summed E-state index contributed by atoms with van der Waals surface area (Å²) < 4.78 is 16.3. The number of rotatable bonds is 4. The summed E-state index contributed by atoms with van der Waals surface area (Å²) in [5.74, 6) is 6.79. The molecule has 1 saturated heterocycles. The monoisotopic (exact) mass is 482 g/mol. The number of aromatic nitrogens is 4. The molecule has 9 heteroatoms. The Labute approximate surface area is 204 Å². The molecular formula is C26H19FN6OS. The second-order valence-corrected chi connectivity index (χ2v) is 9.36. The summed E-state index contributed by atoms with van der Waals surface area (Å²) in [6.07, 6.45) is 4.60. The van der Waals surface area contributed by atoms with E-state index in [0.717, 1.165) is 43.7 Å². The molecule has 1 aliphatic heterocycles. The summed E-state index contributed by atoms with van der Waals surface area (Å²) >= 11 is 1.52. The first-order valence-electron chi connectivity index (χ1n) is 11.1. The van der Waals surface area contributed by atoms with Crippen molar-refractivity contribution in [2.24, 2.45) is 0 Å². The third-order valence-electron chi connectivity index (χ3n) is 5.80. The summed E-state index contributed by atoms with van der Waals surface area (Å²) in [6.45, 7) is 0.490. The zero-order chi connectivity index (χ0) is 23.8. The molecule has 2 N–H and O–H groups in total. The molecule has 0 spiro atoms. The summed E-state index contributed by atoms with van der Waals surface area (Å²) in [4.78, 5) is 21.1. The zero-order valence-electron chi connectivity index (χ0n) is 18.5. The molecule has 1 amide bonds. The van der Waals surface area contributed by atoms with E-state index in [1.165, 1.54) is 29.8 Å². The highest BCUT2D eigenvalue weighted by Gasteiger charge is 2.18. The van der Waals surface area contributed by atoms with E-state index in [-0.39, 0.29) is 17.8 Å². The van der Waals surface area contributed by atoms with Crippen LogP contribution in [0.25, 0.3) is 21.1 Å². The number of carbonyl (C=O) groups is 1. The molecule has 1 fully saturated rings. The molecule has 0 radical (unpaired) electrons. The number of hydrogen-bond acceptors (Lipinski definition) is 6. The minimum atomic E-state index is -0.255. The maximum Gasteiger partial charge on any atom is 0.221 e. The Morgan fingerprint density at radius 3 is 3.00 bits per heavy atom. The molecule has 1 atom stereocenters. The van der Waals surface area contributed by atoms with E-state index in [2.05, 4.69) is 37.5 Å². The molecule has 3 aromatic heterocycles. The van der Waals surface area contributed by atoms with Gasteiger partial charge in [-0.25, -0.2) is 14.4 Å². The van der Waals surface area contributed by atoms with E-state index < -0.39 is 0 Å². The van der Waals surface area contributed by atoms with Gasteiger partial charge >= 0.3 is 0 Å². The van der Waals surface area contributed by atoms with Crippen LogP contribution in [0.1, 0.15) is 23.3 Å². The lowest BCUT2D eigenvalue weighted by atomic mass is 10.2. The zero-order valence-corrected chi connectivity index (χ0v) is 19.3. The van der Waals surface area contributed by atoms with Gasteiger partial charge in [-0.1, -0.05) is 24.0 Å². The molecule has 0 saturated carbocycles. The Hall–Kier alpha value is -4.29. The lowest BCUT2D eigenvalue weighted by molar-refractivity contribution is -0.119. The van der Waals surface area contributed by atoms with Crippen molar-refractivity contribution < 1.29 is 9.18 Å². The Bertz CT molecular complexity index is 1650. The van der Waals surface area contributed by atoms with Crippen LogP contribution >= 0.6 is 11.3 Å². The van der Waals surface area contributed by atoms with E-state index in [0.29, 0.717) is 18.8 Å². The number of anilines is 2. The van der Waals surface area contributed by atoms with Crippen molar-refractivity contribution in [1.82, 2.24) is 25.1 Å². The third-order valence-corrected chi connectivity index (χ3v) is 6.85. The lowest BCUT2D eigenvalue weighted by Crippen LogP contribution is -2.23. The molecule has 35 heavy (non-hydrogen) atoms. The van der Waals surface area contributed by atoms with Crippen LogP contribution in [-0.4, -0.2) is 31.7 Å². The van der Waals surface area contributed by atoms with Crippen molar-refractivity contribution in [2.45, 2.75) is 25.4 Å². The largest absolute Gasteiger partial charge is 0.342 e. The number of nitrogens with zero attached hydrogens (tertiary/aromatic N) is 4. The Morgan fingerprint density at radius 2 is 2.14 bits per heavy atom. The van der Waals surface area contributed by atoms with Gasteiger partial charge in [-0.3, -0.25) is 9.48 Å². The molecule has 0 unspecified atom stereocenters. The lowest BCUT2D eigenvalue weighted by Gasteiger charge is -2.08. The number of carbonyl (C=O) groups excluding carboxylic acids is 1. The number of fused-ring (bicyclic) bond motifs is 2.